The number of benzene rings is 2. The smallest absolute Gasteiger partial charge is 0.241 e. The van der Waals surface area contributed by atoms with Gasteiger partial charge in [0.05, 0.1) is 22.3 Å². The van der Waals surface area contributed by atoms with Gasteiger partial charge >= 0.3 is 0 Å². The van der Waals surface area contributed by atoms with Gasteiger partial charge < -0.3 is 0 Å². The van der Waals surface area contributed by atoms with Crippen LogP contribution in [0, 0.1) is 11.3 Å². The molecule has 0 radical (unpaired) electrons. The average Bonchev–Trinajstić information content (AvgIpc) is 3.12. The second-order valence-corrected chi connectivity index (χ2v) is 8.99. The maximum absolute atomic E-state index is 13.3. The predicted molar refractivity (Wildman–Crippen MR) is 126 cm³/mol. The van der Waals surface area contributed by atoms with Crippen molar-refractivity contribution < 1.29 is 4.79 Å². The molecule has 2 aromatic heterocycles. The monoisotopic (exact) mass is 425 g/mol. The average molecular weight is 426 g/mol. The number of hydrogen-bond donors (Lipinski definition) is 0. The Morgan fingerprint density at radius 1 is 0.968 bits per heavy atom. The SMILES string of the molecule is N#Cc1cc2c(nc1SCC(=O)n1c3ccccc3c3ccccc31)CCCCCC2. The molecule has 0 atom stereocenters. The molecule has 1 aliphatic rings. The van der Waals surface area contributed by atoms with Gasteiger partial charge in [-0.3, -0.25) is 9.36 Å². The third-order valence-electron chi connectivity index (χ3n) is 6.05. The van der Waals surface area contributed by atoms with Crippen LogP contribution in [0.1, 0.15) is 47.3 Å². The highest BCUT2D eigenvalue weighted by Gasteiger charge is 2.18. The number of aryl methyl sites for hydroxylation is 2. The Kier molecular flexibility index (Phi) is 5.48. The number of hydrogen-bond acceptors (Lipinski definition) is 4. The lowest BCUT2D eigenvalue weighted by molar-refractivity contribution is 0.0951. The summed E-state index contributed by atoms with van der Waals surface area (Å²) in [6.07, 6.45) is 6.70. The highest BCUT2D eigenvalue weighted by molar-refractivity contribution is 8.00. The largest absolute Gasteiger partial charge is 0.279 e. The number of carbonyl (C=O) groups is 1. The Balaban J connectivity index is 1.47. The molecule has 4 nitrogen and oxygen atoms in total. The minimum absolute atomic E-state index is 0.000155. The lowest BCUT2D eigenvalue weighted by atomic mass is 9.96. The molecule has 5 heteroatoms. The van der Waals surface area contributed by atoms with Crippen molar-refractivity contribution in [3.63, 3.8) is 0 Å². The summed E-state index contributed by atoms with van der Waals surface area (Å²) in [5.74, 6) is 0.239. The summed E-state index contributed by atoms with van der Waals surface area (Å²) in [6, 6.07) is 20.3. The van der Waals surface area contributed by atoms with Crippen LogP contribution in [0.2, 0.25) is 0 Å². The summed E-state index contributed by atoms with van der Waals surface area (Å²) < 4.78 is 1.80. The zero-order chi connectivity index (χ0) is 21.2. The second-order valence-electron chi connectivity index (χ2n) is 8.03. The number of aromatic nitrogens is 2. The molecule has 5 rings (SSSR count). The van der Waals surface area contributed by atoms with Gasteiger partial charge in [-0.25, -0.2) is 4.98 Å². The van der Waals surface area contributed by atoms with E-state index in [-0.39, 0.29) is 11.7 Å². The Morgan fingerprint density at radius 3 is 2.29 bits per heavy atom. The number of nitriles is 1. The van der Waals surface area contributed by atoms with E-state index in [1.54, 1.807) is 4.57 Å². The van der Waals surface area contributed by atoms with Crippen molar-refractivity contribution in [2.24, 2.45) is 0 Å². The molecule has 31 heavy (non-hydrogen) atoms. The van der Waals surface area contributed by atoms with Crippen LogP contribution in [0.25, 0.3) is 21.8 Å². The molecule has 0 spiro atoms. The number of thioether (sulfide) groups is 1. The number of fused-ring (bicyclic) bond motifs is 4. The van der Waals surface area contributed by atoms with Crippen molar-refractivity contribution in [2.45, 2.75) is 43.6 Å². The van der Waals surface area contributed by atoms with Crippen LogP contribution < -0.4 is 0 Å². The summed E-state index contributed by atoms with van der Waals surface area (Å²) in [7, 11) is 0. The fraction of sp³-hybridized carbons (Fsp3) is 0.269. The first kappa shape index (κ1) is 19.8. The summed E-state index contributed by atoms with van der Waals surface area (Å²) in [6.45, 7) is 0. The molecule has 0 fully saturated rings. The van der Waals surface area contributed by atoms with Crippen molar-refractivity contribution in [1.29, 1.82) is 5.26 Å². The molecule has 0 aliphatic heterocycles. The van der Waals surface area contributed by atoms with Gasteiger partial charge in [0.2, 0.25) is 5.91 Å². The minimum Gasteiger partial charge on any atom is -0.279 e. The quantitative estimate of drug-likeness (QED) is 0.369. The number of carbonyl (C=O) groups excluding carboxylic acids is 1. The van der Waals surface area contributed by atoms with Crippen LogP contribution in [-0.2, 0) is 12.8 Å². The Bertz CT molecular complexity index is 1280. The van der Waals surface area contributed by atoms with Gasteiger partial charge in [0.25, 0.3) is 0 Å². The van der Waals surface area contributed by atoms with Crippen molar-refractivity contribution in [1.82, 2.24) is 9.55 Å². The molecule has 1 aliphatic carbocycles. The summed E-state index contributed by atoms with van der Waals surface area (Å²) in [5, 5.41) is 12.5. The van der Waals surface area contributed by atoms with Gasteiger partial charge in [-0.2, -0.15) is 5.26 Å². The highest BCUT2D eigenvalue weighted by atomic mass is 32.2. The fourth-order valence-electron chi connectivity index (χ4n) is 4.54. The van der Waals surface area contributed by atoms with Gasteiger partial charge in [-0.05, 0) is 49.4 Å². The molecular weight excluding hydrogens is 402 g/mol. The third-order valence-corrected chi connectivity index (χ3v) is 7.02. The zero-order valence-electron chi connectivity index (χ0n) is 17.3. The molecule has 0 saturated heterocycles. The number of pyridine rings is 1. The number of rotatable bonds is 3. The first-order valence-corrected chi connectivity index (χ1v) is 11.8. The second kappa shape index (κ2) is 8.56. The molecule has 2 heterocycles. The first-order valence-electron chi connectivity index (χ1n) is 10.8. The standard InChI is InChI=1S/C26H23N3OS/c27-16-19-15-18-9-3-1-2-4-12-22(18)28-26(19)31-17-25(30)29-23-13-7-5-10-20(23)21-11-6-8-14-24(21)29/h5-8,10-11,13-15H,1-4,9,12,17H2. The molecule has 4 aromatic rings. The molecule has 2 aromatic carbocycles. The normalized spacial score (nSPS) is 14.0. The number of nitrogens with zero attached hydrogens (tertiary/aromatic N) is 3. The molecule has 154 valence electrons. The van der Waals surface area contributed by atoms with E-state index in [0.717, 1.165) is 53.2 Å². The maximum atomic E-state index is 13.3. The van der Waals surface area contributed by atoms with E-state index in [4.69, 9.17) is 4.98 Å². The van der Waals surface area contributed by atoms with Gasteiger partial charge in [0, 0.05) is 16.5 Å². The van der Waals surface area contributed by atoms with E-state index in [2.05, 4.69) is 18.2 Å². The summed E-state index contributed by atoms with van der Waals surface area (Å²) in [5.41, 5.74) is 4.72. The Morgan fingerprint density at radius 2 is 1.61 bits per heavy atom. The van der Waals surface area contributed by atoms with E-state index in [1.807, 2.05) is 42.5 Å². The fourth-order valence-corrected chi connectivity index (χ4v) is 5.37. The maximum Gasteiger partial charge on any atom is 0.241 e. The van der Waals surface area contributed by atoms with E-state index in [1.165, 1.54) is 30.2 Å². The van der Waals surface area contributed by atoms with Crippen LogP contribution in [0.3, 0.4) is 0 Å². The Hall–Kier alpha value is -3.10. The molecule has 0 N–H and O–H groups in total. The topological polar surface area (TPSA) is 58.7 Å². The van der Waals surface area contributed by atoms with Crippen molar-refractivity contribution in [3.05, 3.63) is 71.4 Å². The van der Waals surface area contributed by atoms with E-state index < -0.39 is 0 Å². The van der Waals surface area contributed by atoms with Gasteiger partial charge in [0.1, 0.15) is 11.1 Å². The van der Waals surface area contributed by atoms with Gasteiger partial charge in [-0.1, -0.05) is 61.0 Å². The summed E-state index contributed by atoms with van der Waals surface area (Å²) in [4.78, 5) is 18.2. The third kappa shape index (κ3) is 3.73. The van der Waals surface area contributed by atoms with Crippen molar-refractivity contribution in [3.8, 4) is 6.07 Å². The number of para-hydroxylation sites is 2. The van der Waals surface area contributed by atoms with E-state index in [0.29, 0.717) is 10.6 Å². The van der Waals surface area contributed by atoms with Crippen LogP contribution in [-0.4, -0.2) is 21.2 Å². The lowest BCUT2D eigenvalue weighted by Gasteiger charge is -2.15. The van der Waals surface area contributed by atoms with Crippen molar-refractivity contribution in [2.75, 3.05) is 5.75 Å². The van der Waals surface area contributed by atoms with E-state index in [9.17, 15) is 10.1 Å². The van der Waals surface area contributed by atoms with Crippen LogP contribution in [0.5, 0.6) is 0 Å². The highest BCUT2D eigenvalue weighted by Crippen LogP contribution is 2.31. The first-order chi connectivity index (χ1) is 15.3. The van der Waals surface area contributed by atoms with Gasteiger partial charge in [-0.15, -0.1) is 0 Å². The zero-order valence-corrected chi connectivity index (χ0v) is 18.1. The van der Waals surface area contributed by atoms with E-state index >= 15 is 0 Å². The lowest BCUT2D eigenvalue weighted by Crippen LogP contribution is -2.13. The molecule has 0 saturated carbocycles. The minimum atomic E-state index is -0.000155. The molecule has 0 bridgehead atoms. The van der Waals surface area contributed by atoms with Crippen LogP contribution >= 0.6 is 11.8 Å². The van der Waals surface area contributed by atoms with Crippen LogP contribution in [0.4, 0.5) is 0 Å². The molecule has 0 amide bonds. The molecule has 0 unspecified atom stereocenters. The Labute approximate surface area is 185 Å². The predicted octanol–water partition coefficient (Wildman–Crippen LogP) is 6.15. The molecular formula is C26H23N3OS. The van der Waals surface area contributed by atoms with Gasteiger partial charge in [0.15, 0.2) is 0 Å². The van der Waals surface area contributed by atoms with Crippen LogP contribution in [0.15, 0.2) is 59.6 Å². The van der Waals surface area contributed by atoms with Crippen molar-refractivity contribution >= 4 is 39.5 Å². The summed E-state index contributed by atoms with van der Waals surface area (Å²) >= 11 is 1.38.